The SMILES string of the molecule is Cc1ccc2cccc3c2c1NC3=NCCCn1ccnc1.I. The molecule has 0 aliphatic carbocycles. The number of nitrogens with one attached hydrogen (secondary N) is 1. The fourth-order valence-corrected chi connectivity index (χ4v) is 3.02. The molecule has 2 aromatic carbocycles. The van der Waals surface area contributed by atoms with E-state index in [2.05, 4.69) is 52.1 Å². The summed E-state index contributed by atoms with van der Waals surface area (Å²) < 4.78 is 2.09. The van der Waals surface area contributed by atoms with E-state index in [1.54, 1.807) is 0 Å². The van der Waals surface area contributed by atoms with Gasteiger partial charge in [0.1, 0.15) is 5.84 Å². The van der Waals surface area contributed by atoms with Gasteiger partial charge in [0.25, 0.3) is 0 Å². The molecular weight excluding hydrogens is 399 g/mol. The summed E-state index contributed by atoms with van der Waals surface area (Å²) in [6.45, 7) is 3.90. The molecule has 0 fully saturated rings. The minimum Gasteiger partial charge on any atom is -0.339 e. The number of anilines is 1. The Labute approximate surface area is 152 Å². The maximum absolute atomic E-state index is 4.78. The number of amidine groups is 1. The average Bonchev–Trinajstić information content (AvgIpc) is 3.17. The zero-order valence-corrected chi connectivity index (χ0v) is 15.3. The first-order valence-electron chi connectivity index (χ1n) is 7.63. The Hall–Kier alpha value is -1.89. The van der Waals surface area contributed by atoms with Gasteiger partial charge in [-0.25, -0.2) is 4.98 Å². The van der Waals surface area contributed by atoms with Crippen LogP contribution in [0.3, 0.4) is 0 Å². The van der Waals surface area contributed by atoms with Crippen LogP contribution >= 0.6 is 24.0 Å². The quantitative estimate of drug-likeness (QED) is 0.509. The van der Waals surface area contributed by atoms with Gasteiger partial charge in [0.15, 0.2) is 0 Å². The summed E-state index contributed by atoms with van der Waals surface area (Å²) in [6.07, 6.45) is 6.65. The Morgan fingerprint density at radius 1 is 1.22 bits per heavy atom. The summed E-state index contributed by atoms with van der Waals surface area (Å²) >= 11 is 0. The number of benzene rings is 2. The molecule has 0 amide bonds. The number of halogens is 1. The summed E-state index contributed by atoms with van der Waals surface area (Å²) in [6, 6.07) is 10.8. The molecule has 0 unspecified atom stereocenters. The lowest BCUT2D eigenvalue weighted by Gasteiger charge is -2.04. The molecule has 2 heterocycles. The standard InChI is InChI=1S/C18H18N4.HI/c1-13-6-7-14-4-2-5-15-16(14)17(13)21-18(15)20-8-3-10-22-11-9-19-12-22;/h2,4-7,9,11-12H,3,8,10H2,1H3,(H,20,21);1H. The van der Waals surface area contributed by atoms with Gasteiger partial charge in [0.2, 0.25) is 0 Å². The van der Waals surface area contributed by atoms with Crippen molar-refractivity contribution >= 4 is 46.3 Å². The van der Waals surface area contributed by atoms with Crippen molar-refractivity contribution in [3.63, 3.8) is 0 Å². The lowest BCUT2D eigenvalue weighted by atomic mass is 10.0. The Balaban J connectivity index is 0.00000156. The first-order chi connectivity index (χ1) is 10.8. The van der Waals surface area contributed by atoms with Crippen LogP contribution in [-0.2, 0) is 6.54 Å². The van der Waals surface area contributed by atoms with Crippen molar-refractivity contribution in [1.29, 1.82) is 0 Å². The molecule has 0 saturated heterocycles. The van der Waals surface area contributed by atoms with Gasteiger partial charge in [-0.05, 0) is 24.3 Å². The molecule has 4 nitrogen and oxygen atoms in total. The number of rotatable bonds is 4. The molecule has 0 atom stereocenters. The summed E-state index contributed by atoms with van der Waals surface area (Å²) in [5.41, 5.74) is 3.70. The fourth-order valence-electron chi connectivity index (χ4n) is 3.02. The van der Waals surface area contributed by atoms with E-state index in [-0.39, 0.29) is 24.0 Å². The van der Waals surface area contributed by atoms with Gasteiger partial charge < -0.3 is 9.88 Å². The monoisotopic (exact) mass is 418 g/mol. The first kappa shape index (κ1) is 16.0. The van der Waals surface area contributed by atoms with Gasteiger partial charge in [0.05, 0.1) is 12.0 Å². The van der Waals surface area contributed by atoms with Gasteiger partial charge in [-0.1, -0.05) is 30.3 Å². The van der Waals surface area contributed by atoms with Crippen molar-refractivity contribution in [2.24, 2.45) is 4.99 Å². The lowest BCUT2D eigenvalue weighted by Crippen LogP contribution is -2.09. The second-order valence-corrected chi connectivity index (χ2v) is 5.67. The van der Waals surface area contributed by atoms with E-state index in [0.717, 1.165) is 25.3 Å². The van der Waals surface area contributed by atoms with Gasteiger partial charge in [-0.15, -0.1) is 24.0 Å². The van der Waals surface area contributed by atoms with Gasteiger partial charge in [0, 0.05) is 36.4 Å². The smallest absolute Gasteiger partial charge is 0.133 e. The molecule has 118 valence electrons. The normalized spacial score (nSPS) is 14.0. The van der Waals surface area contributed by atoms with E-state index in [4.69, 9.17) is 4.99 Å². The molecule has 0 radical (unpaired) electrons. The van der Waals surface area contributed by atoms with Crippen LogP contribution in [0, 0.1) is 6.92 Å². The number of hydrogen-bond donors (Lipinski definition) is 1. The molecule has 0 spiro atoms. The van der Waals surface area contributed by atoms with Crippen LogP contribution in [0.1, 0.15) is 17.5 Å². The first-order valence-corrected chi connectivity index (χ1v) is 7.63. The largest absolute Gasteiger partial charge is 0.339 e. The van der Waals surface area contributed by atoms with Crippen molar-refractivity contribution in [3.05, 3.63) is 60.2 Å². The maximum Gasteiger partial charge on any atom is 0.133 e. The Bertz CT molecular complexity index is 853. The predicted molar refractivity (Wildman–Crippen MR) is 106 cm³/mol. The second kappa shape index (κ2) is 6.70. The molecule has 4 rings (SSSR count). The van der Waals surface area contributed by atoms with Crippen LogP contribution in [0.4, 0.5) is 5.69 Å². The Morgan fingerprint density at radius 3 is 2.96 bits per heavy atom. The summed E-state index contributed by atoms with van der Waals surface area (Å²) in [7, 11) is 0. The minimum absolute atomic E-state index is 0. The number of aromatic nitrogens is 2. The number of aryl methyl sites for hydroxylation is 2. The van der Waals surface area contributed by atoms with Crippen molar-refractivity contribution in [1.82, 2.24) is 9.55 Å². The highest BCUT2D eigenvalue weighted by atomic mass is 127. The van der Waals surface area contributed by atoms with Crippen LogP contribution in [0.15, 0.2) is 54.0 Å². The molecule has 5 heteroatoms. The van der Waals surface area contributed by atoms with Crippen molar-refractivity contribution in [2.45, 2.75) is 19.9 Å². The number of hydrogen-bond acceptors (Lipinski definition) is 2. The summed E-state index contributed by atoms with van der Waals surface area (Å²) in [5, 5.41) is 6.07. The molecule has 0 bridgehead atoms. The van der Waals surface area contributed by atoms with Crippen LogP contribution in [-0.4, -0.2) is 21.9 Å². The third-order valence-electron chi connectivity index (χ3n) is 4.16. The zero-order valence-electron chi connectivity index (χ0n) is 13.0. The average molecular weight is 418 g/mol. The van der Waals surface area contributed by atoms with E-state index in [0.29, 0.717) is 0 Å². The van der Waals surface area contributed by atoms with Gasteiger partial charge in [-0.2, -0.15) is 0 Å². The van der Waals surface area contributed by atoms with Crippen molar-refractivity contribution in [2.75, 3.05) is 11.9 Å². The second-order valence-electron chi connectivity index (χ2n) is 5.67. The third-order valence-corrected chi connectivity index (χ3v) is 4.16. The molecule has 3 aromatic rings. The highest BCUT2D eigenvalue weighted by Gasteiger charge is 2.20. The molecule has 1 aliphatic rings. The lowest BCUT2D eigenvalue weighted by molar-refractivity contribution is 0.651. The van der Waals surface area contributed by atoms with Crippen molar-refractivity contribution < 1.29 is 0 Å². The van der Waals surface area contributed by atoms with Crippen LogP contribution in [0.25, 0.3) is 10.8 Å². The van der Waals surface area contributed by atoms with Crippen LogP contribution < -0.4 is 5.32 Å². The predicted octanol–water partition coefficient (Wildman–Crippen LogP) is 4.23. The van der Waals surface area contributed by atoms with Gasteiger partial charge >= 0.3 is 0 Å². The minimum atomic E-state index is 0. The van der Waals surface area contributed by atoms with Crippen molar-refractivity contribution in [3.8, 4) is 0 Å². The van der Waals surface area contributed by atoms with E-state index in [9.17, 15) is 0 Å². The van der Waals surface area contributed by atoms with Gasteiger partial charge in [-0.3, -0.25) is 4.99 Å². The third kappa shape index (κ3) is 2.97. The highest BCUT2D eigenvalue weighted by Crippen LogP contribution is 2.35. The Morgan fingerprint density at radius 2 is 2.13 bits per heavy atom. The zero-order chi connectivity index (χ0) is 14.9. The topological polar surface area (TPSA) is 42.2 Å². The van der Waals surface area contributed by atoms with E-state index in [1.807, 2.05) is 18.7 Å². The fraction of sp³-hybridized carbons (Fsp3) is 0.222. The molecular formula is C18H19IN4. The van der Waals surface area contributed by atoms with E-state index < -0.39 is 0 Å². The van der Waals surface area contributed by atoms with Crippen LogP contribution in [0.5, 0.6) is 0 Å². The molecule has 1 N–H and O–H groups in total. The number of imidazole rings is 1. The summed E-state index contributed by atoms with van der Waals surface area (Å²) in [4.78, 5) is 8.83. The number of nitrogens with zero attached hydrogens (tertiary/aromatic N) is 3. The van der Waals surface area contributed by atoms with E-state index in [1.165, 1.54) is 27.6 Å². The molecule has 0 saturated carbocycles. The molecule has 23 heavy (non-hydrogen) atoms. The Kier molecular flexibility index (Phi) is 4.66. The molecule has 1 aliphatic heterocycles. The highest BCUT2D eigenvalue weighted by molar-refractivity contribution is 14.0. The number of aliphatic imine (C=N–C) groups is 1. The maximum atomic E-state index is 4.78. The van der Waals surface area contributed by atoms with Crippen LogP contribution in [0.2, 0.25) is 0 Å². The van der Waals surface area contributed by atoms with E-state index >= 15 is 0 Å². The summed E-state index contributed by atoms with van der Waals surface area (Å²) in [5.74, 6) is 1.00. The molecule has 1 aromatic heterocycles.